The van der Waals surface area contributed by atoms with Crippen LogP contribution in [-0.2, 0) is 15.3 Å². The summed E-state index contributed by atoms with van der Waals surface area (Å²) in [7, 11) is 0. The number of aliphatic hydroxyl groups excluding tert-OH is 1. The number of nitrogens with zero attached hydrogens (tertiary/aromatic N) is 7. The lowest BCUT2D eigenvalue weighted by Crippen LogP contribution is -2.46. The van der Waals surface area contributed by atoms with Crippen LogP contribution in [0.2, 0.25) is 10.0 Å². The highest BCUT2D eigenvalue weighted by atomic mass is 35.5. The summed E-state index contributed by atoms with van der Waals surface area (Å²) in [5.41, 5.74) is 3.39. The third kappa shape index (κ3) is 7.65. The van der Waals surface area contributed by atoms with Crippen LogP contribution in [0.1, 0.15) is 25.5 Å². The number of halogens is 2. The maximum atomic E-state index is 12.8. The van der Waals surface area contributed by atoms with Crippen molar-refractivity contribution in [2.24, 2.45) is 5.10 Å². The fraction of sp³-hybridized carbons (Fsp3) is 0.378. The predicted molar refractivity (Wildman–Crippen MR) is 199 cm³/mol. The van der Waals surface area contributed by atoms with Gasteiger partial charge in [-0.2, -0.15) is 10.2 Å². The number of aromatic nitrogens is 3. The van der Waals surface area contributed by atoms with E-state index in [-0.39, 0.29) is 11.8 Å². The van der Waals surface area contributed by atoms with Gasteiger partial charge in [-0.25, -0.2) is 14.0 Å². The van der Waals surface area contributed by atoms with E-state index < -0.39 is 17.9 Å². The van der Waals surface area contributed by atoms with E-state index in [9.17, 15) is 9.90 Å². The summed E-state index contributed by atoms with van der Waals surface area (Å²) in [6.45, 7) is 8.51. The molecule has 0 spiro atoms. The number of benzene rings is 3. The Morgan fingerprint density at radius 2 is 1.63 bits per heavy atom. The Morgan fingerprint density at radius 1 is 0.961 bits per heavy atom. The molecule has 4 heterocycles. The van der Waals surface area contributed by atoms with Gasteiger partial charge in [0.1, 0.15) is 24.8 Å². The van der Waals surface area contributed by atoms with Crippen molar-refractivity contribution in [1.29, 1.82) is 0 Å². The van der Waals surface area contributed by atoms with Gasteiger partial charge in [-0.15, -0.1) is 0 Å². The molecular formula is C37H41Cl2N7O5. The summed E-state index contributed by atoms with van der Waals surface area (Å²) >= 11 is 12.8. The van der Waals surface area contributed by atoms with Crippen molar-refractivity contribution in [2.75, 3.05) is 62.3 Å². The molecule has 0 radical (unpaired) electrons. The molecule has 0 amide bonds. The molecule has 4 atom stereocenters. The average molecular weight is 735 g/mol. The van der Waals surface area contributed by atoms with Gasteiger partial charge in [-0.05, 0) is 80.6 Å². The number of hydrogen-bond donors (Lipinski definition) is 1. The van der Waals surface area contributed by atoms with E-state index in [1.807, 2.05) is 59.6 Å². The van der Waals surface area contributed by atoms with E-state index >= 15 is 0 Å². The zero-order valence-electron chi connectivity index (χ0n) is 28.5. The number of hydrazone groups is 1. The Bertz CT molecular complexity index is 1920. The fourth-order valence-corrected chi connectivity index (χ4v) is 7.04. The normalized spacial score (nSPS) is 21.7. The van der Waals surface area contributed by atoms with Gasteiger partial charge in [0.25, 0.3) is 0 Å². The number of rotatable bonds is 11. The van der Waals surface area contributed by atoms with Crippen molar-refractivity contribution in [3.63, 3.8) is 0 Å². The van der Waals surface area contributed by atoms with Crippen LogP contribution in [0.5, 0.6) is 5.75 Å². The first-order chi connectivity index (χ1) is 24.7. The smallest absolute Gasteiger partial charge is 0.350 e. The van der Waals surface area contributed by atoms with Crippen LogP contribution in [0, 0.1) is 0 Å². The van der Waals surface area contributed by atoms with E-state index in [2.05, 4.69) is 32.1 Å². The zero-order valence-corrected chi connectivity index (χ0v) is 30.0. The van der Waals surface area contributed by atoms with Crippen molar-refractivity contribution in [3.8, 4) is 11.4 Å². The van der Waals surface area contributed by atoms with Crippen LogP contribution >= 0.6 is 23.2 Å². The molecule has 4 unspecified atom stereocenters. The Hall–Kier alpha value is -4.33. The van der Waals surface area contributed by atoms with Gasteiger partial charge in [0.05, 0.1) is 42.6 Å². The molecule has 0 bridgehead atoms. The van der Waals surface area contributed by atoms with E-state index in [1.165, 1.54) is 15.6 Å². The van der Waals surface area contributed by atoms with Crippen LogP contribution < -0.4 is 20.2 Å². The molecular weight excluding hydrogens is 693 g/mol. The molecule has 1 aromatic heterocycles. The molecule has 0 saturated carbocycles. The lowest BCUT2D eigenvalue weighted by Gasteiger charge is -2.37. The Morgan fingerprint density at radius 3 is 2.25 bits per heavy atom. The van der Waals surface area contributed by atoms with Gasteiger partial charge in [-0.1, -0.05) is 35.3 Å². The highest BCUT2D eigenvalue weighted by Gasteiger charge is 2.46. The van der Waals surface area contributed by atoms with Crippen LogP contribution in [0.3, 0.4) is 0 Å². The molecule has 0 aliphatic carbocycles. The highest BCUT2D eigenvalue weighted by Crippen LogP contribution is 2.40. The van der Waals surface area contributed by atoms with E-state index in [0.29, 0.717) is 41.9 Å². The molecule has 51 heavy (non-hydrogen) atoms. The second-order valence-electron chi connectivity index (χ2n) is 13.0. The second kappa shape index (κ2) is 15.1. The summed E-state index contributed by atoms with van der Waals surface area (Å²) in [6, 6.07) is 21.0. The molecule has 3 aliphatic heterocycles. The molecule has 1 N–H and O–H groups in total. The molecule has 4 aromatic rings. The van der Waals surface area contributed by atoms with Gasteiger partial charge in [-0.3, -0.25) is 5.01 Å². The first kappa shape index (κ1) is 35.1. The number of allylic oxidation sites excluding steroid dienone is 1. The third-order valence-electron chi connectivity index (χ3n) is 9.55. The topological polar surface area (TPSA) is 110 Å². The number of aliphatic hydroxyl groups is 1. The zero-order chi connectivity index (χ0) is 35.5. The Labute approximate surface area is 306 Å². The molecule has 2 saturated heterocycles. The van der Waals surface area contributed by atoms with Gasteiger partial charge in [0.15, 0.2) is 0 Å². The van der Waals surface area contributed by atoms with Crippen LogP contribution in [-0.4, -0.2) is 95.4 Å². The molecule has 12 nitrogen and oxygen atoms in total. The number of piperazine rings is 1. The van der Waals surface area contributed by atoms with Crippen molar-refractivity contribution in [3.05, 3.63) is 111 Å². The fourth-order valence-electron chi connectivity index (χ4n) is 6.49. The molecule has 2 fully saturated rings. The molecule has 14 heteroatoms. The Balaban J connectivity index is 0.922. The summed E-state index contributed by atoms with van der Waals surface area (Å²) in [4.78, 5) is 17.6. The summed E-state index contributed by atoms with van der Waals surface area (Å²) < 4.78 is 21.9. The quantitative estimate of drug-likeness (QED) is 0.225. The van der Waals surface area contributed by atoms with Gasteiger partial charge in [0.2, 0.25) is 5.79 Å². The third-order valence-corrected chi connectivity index (χ3v) is 10.1. The standard InChI is InChI=1S/C37H41Cl2N7O5/c1-26(27(2)47)46-36(48)45(25-41-46)31-8-6-29(7-9-31)42-17-19-43(20-18-42)30-10-12-32(13-11-30)49-22-33-23-50-37(51-33,24-44-16-4-3-15-40-44)34-14-5-28(38)21-35(34)39/h3-15,21,25-27,33,47H,16-20,22-24H2,1-2H3. The van der Waals surface area contributed by atoms with Crippen molar-refractivity contribution in [2.45, 2.75) is 37.9 Å². The van der Waals surface area contributed by atoms with Gasteiger partial charge in [0, 0.05) is 54.4 Å². The monoisotopic (exact) mass is 733 g/mol. The molecule has 3 aromatic carbocycles. The summed E-state index contributed by atoms with van der Waals surface area (Å²) in [5.74, 6) is -0.368. The van der Waals surface area contributed by atoms with Crippen LogP contribution in [0.15, 0.2) is 95.1 Å². The summed E-state index contributed by atoms with van der Waals surface area (Å²) in [6.07, 6.45) is 6.17. The lowest BCUT2D eigenvalue weighted by molar-refractivity contribution is -0.191. The van der Waals surface area contributed by atoms with Crippen LogP contribution in [0.4, 0.5) is 11.4 Å². The SMILES string of the molecule is CC(O)C(C)n1ncn(-c2ccc(N3CCN(c4ccc(OCC5COC(CN6CC=CC=N6)(c6ccc(Cl)cc6Cl)O5)cc4)CC3)cc2)c1=O. The summed E-state index contributed by atoms with van der Waals surface area (Å²) in [5, 5.41) is 21.4. The van der Waals surface area contributed by atoms with E-state index in [4.69, 9.17) is 37.4 Å². The lowest BCUT2D eigenvalue weighted by atomic mass is 10.1. The number of anilines is 2. The van der Waals surface area contributed by atoms with Crippen molar-refractivity contribution < 1.29 is 19.3 Å². The van der Waals surface area contributed by atoms with Crippen molar-refractivity contribution in [1.82, 2.24) is 19.4 Å². The highest BCUT2D eigenvalue weighted by molar-refractivity contribution is 6.35. The molecule has 268 valence electrons. The average Bonchev–Trinajstić information content (AvgIpc) is 3.74. The minimum Gasteiger partial charge on any atom is -0.491 e. The second-order valence-corrected chi connectivity index (χ2v) is 13.8. The maximum Gasteiger partial charge on any atom is 0.350 e. The predicted octanol–water partition coefficient (Wildman–Crippen LogP) is 5.11. The largest absolute Gasteiger partial charge is 0.491 e. The maximum absolute atomic E-state index is 12.8. The van der Waals surface area contributed by atoms with Gasteiger partial charge < -0.3 is 29.1 Å². The van der Waals surface area contributed by atoms with E-state index in [1.54, 1.807) is 32.2 Å². The molecule has 7 rings (SSSR count). The first-order valence-electron chi connectivity index (χ1n) is 17.1. The minimum atomic E-state index is -1.12. The number of hydrogen-bond acceptors (Lipinski definition) is 10. The Kier molecular flexibility index (Phi) is 10.4. The van der Waals surface area contributed by atoms with E-state index in [0.717, 1.165) is 49.0 Å². The van der Waals surface area contributed by atoms with Crippen LogP contribution in [0.25, 0.3) is 5.69 Å². The van der Waals surface area contributed by atoms with Crippen molar-refractivity contribution >= 4 is 40.8 Å². The minimum absolute atomic E-state index is 0.277. The first-order valence-corrected chi connectivity index (χ1v) is 17.8. The molecule has 3 aliphatic rings. The van der Waals surface area contributed by atoms with Gasteiger partial charge >= 0.3 is 5.69 Å². The number of ether oxygens (including phenoxy) is 3.